The lowest BCUT2D eigenvalue weighted by Gasteiger charge is -2.30. The molecular formula is C18H35IN4. The van der Waals surface area contributed by atoms with Crippen LogP contribution >= 0.6 is 24.0 Å². The fraction of sp³-hybridized carbons (Fsp3) is 0.944. The lowest BCUT2D eigenvalue weighted by molar-refractivity contribution is 0.191. The quantitative estimate of drug-likeness (QED) is 0.280. The third-order valence-electron chi connectivity index (χ3n) is 5.99. The fourth-order valence-electron chi connectivity index (χ4n) is 3.86. The van der Waals surface area contributed by atoms with Crippen molar-refractivity contribution in [3.8, 4) is 0 Å². The topological polar surface area (TPSA) is 39.7 Å². The molecule has 3 rings (SSSR count). The molecule has 1 heterocycles. The number of piperidine rings is 1. The highest BCUT2D eigenvalue weighted by Crippen LogP contribution is 2.60. The molecule has 0 atom stereocenters. The minimum atomic E-state index is 0. The summed E-state index contributed by atoms with van der Waals surface area (Å²) < 4.78 is 0. The van der Waals surface area contributed by atoms with E-state index in [9.17, 15) is 0 Å². The molecular weight excluding hydrogens is 399 g/mol. The zero-order valence-corrected chi connectivity index (χ0v) is 17.3. The first-order chi connectivity index (χ1) is 10.7. The summed E-state index contributed by atoms with van der Waals surface area (Å²) in [6, 6.07) is 0. The van der Waals surface area contributed by atoms with Crippen molar-refractivity contribution in [3.63, 3.8) is 0 Å². The monoisotopic (exact) mass is 434 g/mol. The van der Waals surface area contributed by atoms with E-state index >= 15 is 0 Å². The summed E-state index contributed by atoms with van der Waals surface area (Å²) in [4.78, 5) is 6.99. The standard InChI is InChI=1S/C18H34N4.HI/c1-15-6-12-22(13-7-15)11-3-10-20-17(19-2)21-14-18(8-9-18)16-4-5-16;/h15-16H,3-14H2,1-2H3,(H2,19,20,21);1H. The van der Waals surface area contributed by atoms with Crippen LogP contribution in [-0.4, -0.2) is 50.6 Å². The van der Waals surface area contributed by atoms with Gasteiger partial charge >= 0.3 is 0 Å². The van der Waals surface area contributed by atoms with Gasteiger partial charge in [-0.2, -0.15) is 0 Å². The van der Waals surface area contributed by atoms with Crippen LogP contribution in [0.1, 0.15) is 51.9 Å². The van der Waals surface area contributed by atoms with Gasteiger partial charge in [-0.15, -0.1) is 24.0 Å². The van der Waals surface area contributed by atoms with Crippen molar-refractivity contribution in [2.75, 3.05) is 39.8 Å². The molecule has 0 spiro atoms. The second-order valence-corrected chi connectivity index (χ2v) is 7.87. The second-order valence-electron chi connectivity index (χ2n) is 7.87. The Morgan fingerprint density at radius 3 is 2.39 bits per heavy atom. The van der Waals surface area contributed by atoms with E-state index in [1.54, 1.807) is 0 Å². The first-order valence-corrected chi connectivity index (χ1v) is 9.39. The maximum Gasteiger partial charge on any atom is 0.190 e. The van der Waals surface area contributed by atoms with Crippen LogP contribution in [0.25, 0.3) is 0 Å². The maximum atomic E-state index is 4.37. The molecule has 134 valence electrons. The highest BCUT2D eigenvalue weighted by Gasteiger charge is 2.53. The Morgan fingerprint density at radius 2 is 1.83 bits per heavy atom. The van der Waals surface area contributed by atoms with Crippen LogP contribution in [-0.2, 0) is 0 Å². The Hall–Kier alpha value is -0.0400. The van der Waals surface area contributed by atoms with Crippen molar-refractivity contribution in [2.45, 2.75) is 51.9 Å². The number of halogens is 1. The number of aliphatic imine (C=N–C) groups is 1. The molecule has 0 unspecified atom stereocenters. The van der Waals surface area contributed by atoms with Crippen LogP contribution in [0.5, 0.6) is 0 Å². The molecule has 1 saturated heterocycles. The minimum Gasteiger partial charge on any atom is -0.356 e. The molecule has 3 aliphatic rings. The van der Waals surface area contributed by atoms with Gasteiger partial charge in [-0.3, -0.25) is 4.99 Å². The normalized spacial score (nSPS) is 24.9. The Morgan fingerprint density at radius 1 is 1.13 bits per heavy atom. The van der Waals surface area contributed by atoms with E-state index in [0.717, 1.165) is 30.9 Å². The summed E-state index contributed by atoms with van der Waals surface area (Å²) in [6.07, 6.45) is 9.73. The van der Waals surface area contributed by atoms with Crippen molar-refractivity contribution < 1.29 is 0 Å². The lowest BCUT2D eigenvalue weighted by atomic mass is 9.99. The van der Waals surface area contributed by atoms with Crippen molar-refractivity contribution in [3.05, 3.63) is 0 Å². The third kappa shape index (κ3) is 5.76. The van der Waals surface area contributed by atoms with Gasteiger partial charge in [-0.25, -0.2) is 0 Å². The minimum absolute atomic E-state index is 0. The van der Waals surface area contributed by atoms with E-state index in [1.807, 2.05) is 7.05 Å². The van der Waals surface area contributed by atoms with Crippen LogP contribution in [0.15, 0.2) is 4.99 Å². The maximum absolute atomic E-state index is 4.37. The number of nitrogens with zero attached hydrogens (tertiary/aromatic N) is 2. The van der Waals surface area contributed by atoms with Crippen LogP contribution in [0, 0.1) is 17.3 Å². The summed E-state index contributed by atoms with van der Waals surface area (Å²) in [5, 5.41) is 7.05. The van der Waals surface area contributed by atoms with Crippen molar-refractivity contribution >= 4 is 29.9 Å². The Kier molecular flexibility index (Phi) is 7.45. The molecule has 0 aromatic heterocycles. The molecule has 3 fully saturated rings. The van der Waals surface area contributed by atoms with E-state index < -0.39 is 0 Å². The van der Waals surface area contributed by atoms with E-state index in [2.05, 4.69) is 27.4 Å². The van der Waals surface area contributed by atoms with Gasteiger partial charge in [0.15, 0.2) is 5.96 Å². The van der Waals surface area contributed by atoms with Crippen molar-refractivity contribution in [1.29, 1.82) is 0 Å². The lowest BCUT2D eigenvalue weighted by Crippen LogP contribution is -2.42. The second kappa shape index (κ2) is 8.88. The zero-order chi connectivity index (χ0) is 15.4. The predicted molar refractivity (Wildman–Crippen MR) is 109 cm³/mol. The molecule has 1 aliphatic heterocycles. The number of guanidine groups is 1. The number of nitrogens with one attached hydrogen (secondary N) is 2. The average molecular weight is 434 g/mol. The molecule has 2 saturated carbocycles. The molecule has 0 bridgehead atoms. The first-order valence-electron chi connectivity index (χ1n) is 9.39. The highest BCUT2D eigenvalue weighted by atomic mass is 127. The van der Waals surface area contributed by atoms with Gasteiger partial charge in [-0.1, -0.05) is 6.92 Å². The smallest absolute Gasteiger partial charge is 0.190 e. The van der Waals surface area contributed by atoms with E-state index in [1.165, 1.54) is 64.6 Å². The summed E-state index contributed by atoms with van der Waals surface area (Å²) >= 11 is 0. The van der Waals surface area contributed by atoms with Gasteiger partial charge in [0.1, 0.15) is 0 Å². The average Bonchev–Trinajstić information content (AvgIpc) is 3.40. The van der Waals surface area contributed by atoms with Gasteiger partial charge in [-0.05, 0) is 81.8 Å². The highest BCUT2D eigenvalue weighted by molar-refractivity contribution is 14.0. The van der Waals surface area contributed by atoms with Crippen LogP contribution < -0.4 is 10.6 Å². The molecule has 4 nitrogen and oxygen atoms in total. The number of hydrogen-bond donors (Lipinski definition) is 2. The van der Waals surface area contributed by atoms with Gasteiger partial charge in [0.2, 0.25) is 0 Å². The molecule has 2 aliphatic carbocycles. The molecule has 0 amide bonds. The molecule has 0 aromatic rings. The number of rotatable bonds is 7. The predicted octanol–water partition coefficient (Wildman–Crippen LogP) is 3.08. The summed E-state index contributed by atoms with van der Waals surface area (Å²) in [6.45, 7) is 8.34. The fourth-order valence-corrected chi connectivity index (χ4v) is 3.86. The first kappa shape index (κ1) is 19.3. The van der Waals surface area contributed by atoms with Crippen LogP contribution in [0.4, 0.5) is 0 Å². The van der Waals surface area contributed by atoms with Crippen LogP contribution in [0.3, 0.4) is 0 Å². The van der Waals surface area contributed by atoms with E-state index in [4.69, 9.17) is 0 Å². The zero-order valence-electron chi connectivity index (χ0n) is 14.9. The molecule has 0 aromatic carbocycles. The molecule has 5 heteroatoms. The van der Waals surface area contributed by atoms with Gasteiger partial charge in [0.25, 0.3) is 0 Å². The Labute approximate surface area is 159 Å². The molecule has 23 heavy (non-hydrogen) atoms. The van der Waals surface area contributed by atoms with Crippen LogP contribution in [0.2, 0.25) is 0 Å². The summed E-state index contributed by atoms with van der Waals surface area (Å²) in [5.41, 5.74) is 0.641. The summed E-state index contributed by atoms with van der Waals surface area (Å²) in [5.74, 6) is 2.94. The van der Waals surface area contributed by atoms with Gasteiger partial charge in [0, 0.05) is 20.1 Å². The van der Waals surface area contributed by atoms with Crippen molar-refractivity contribution in [2.24, 2.45) is 22.2 Å². The van der Waals surface area contributed by atoms with E-state index in [0.29, 0.717) is 5.41 Å². The third-order valence-corrected chi connectivity index (χ3v) is 5.99. The SMILES string of the molecule is CN=C(NCCCN1CCC(C)CC1)NCC1(C2CC2)CC1.I. The number of likely N-dealkylation sites (tertiary alicyclic amines) is 1. The Bertz CT molecular complexity index is 382. The molecule has 0 radical (unpaired) electrons. The molecule has 2 N–H and O–H groups in total. The Balaban J connectivity index is 0.00000192. The van der Waals surface area contributed by atoms with Gasteiger partial charge < -0.3 is 15.5 Å². The van der Waals surface area contributed by atoms with E-state index in [-0.39, 0.29) is 24.0 Å². The number of hydrogen-bond acceptors (Lipinski definition) is 2. The van der Waals surface area contributed by atoms with Crippen molar-refractivity contribution in [1.82, 2.24) is 15.5 Å². The van der Waals surface area contributed by atoms with Gasteiger partial charge in [0.05, 0.1) is 0 Å². The largest absolute Gasteiger partial charge is 0.356 e. The summed E-state index contributed by atoms with van der Waals surface area (Å²) in [7, 11) is 1.89.